The van der Waals surface area contributed by atoms with Gasteiger partial charge in [-0.05, 0) is 49.3 Å². The topological polar surface area (TPSA) is 79.0 Å². The highest BCUT2D eigenvalue weighted by Crippen LogP contribution is 2.43. The fraction of sp³-hybridized carbons (Fsp3) is 0.348. The summed E-state index contributed by atoms with van der Waals surface area (Å²) >= 11 is 0. The Bertz CT molecular complexity index is 1040. The SMILES string of the molecule is CN(C)CCN(C)c1cc(-c2ccc3c(c2)C(=O)CC3)c2c(c1C(N)=O)CC=N2. The molecule has 29 heavy (non-hydrogen) atoms. The lowest BCUT2D eigenvalue weighted by Gasteiger charge is -2.26. The number of fused-ring (bicyclic) bond motifs is 2. The zero-order chi connectivity index (χ0) is 20.7. The number of aryl methyl sites for hydroxylation is 1. The van der Waals surface area contributed by atoms with Crippen LogP contribution in [0.1, 0.15) is 38.3 Å². The Morgan fingerprint density at radius 2 is 1.90 bits per heavy atom. The number of nitrogens with zero attached hydrogens (tertiary/aromatic N) is 3. The normalized spacial score (nSPS) is 14.4. The van der Waals surface area contributed by atoms with Crippen molar-refractivity contribution in [3.05, 3.63) is 46.5 Å². The quantitative estimate of drug-likeness (QED) is 0.823. The Labute approximate surface area is 171 Å². The minimum Gasteiger partial charge on any atom is -0.373 e. The second-order valence-corrected chi connectivity index (χ2v) is 8.05. The number of nitrogens with two attached hydrogens (primary N) is 1. The van der Waals surface area contributed by atoms with Crippen LogP contribution in [0.2, 0.25) is 0 Å². The molecule has 1 aliphatic carbocycles. The highest BCUT2D eigenvalue weighted by molar-refractivity contribution is 6.07. The van der Waals surface area contributed by atoms with E-state index >= 15 is 0 Å². The number of rotatable bonds is 6. The van der Waals surface area contributed by atoms with Gasteiger partial charge in [-0.25, -0.2) is 0 Å². The van der Waals surface area contributed by atoms with Gasteiger partial charge in [0.15, 0.2) is 5.78 Å². The lowest BCUT2D eigenvalue weighted by molar-refractivity contribution is 0.0988. The molecule has 0 atom stereocenters. The van der Waals surface area contributed by atoms with Crippen LogP contribution in [-0.2, 0) is 12.8 Å². The molecule has 0 saturated heterocycles. The maximum atomic E-state index is 12.4. The first kappa shape index (κ1) is 19.3. The van der Waals surface area contributed by atoms with Gasteiger partial charge in [0.05, 0.1) is 16.9 Å². The highest BCUT2D eigenvalue weighted by Gasteiger charge is 2.27. The van der Waals surface area contributed by atoms with Crippen molar-refractivity contribution in [1.29, 1.82) is 0 Å². The molecule has 0 fully saturated rings. The zero-order valence-corrected chi connectivity index (χ0v) is 17.2. The van der Waals surface area contributed by atoms with E-state index in [0.29, 0.717) is 18.4 Å². The second-order valence-electron chi connectivity index (χ2n) is 8.05. The van der Waals surface area contributed by atoms with Crippen LogP contribution in [0.25, 0.3) is 11.1 Å². The summed E-state index contributed by atoms with van der Waals surface area (Å²) in [4.78, 5) is 33.3. The summed E-state index contributed by atoms with van der Waals surface area (Å²) in [6.45, 7) is 1.61. The van der Waals surface area contributed by atoms with E-state index in [9.17, 15) is 9.59 Å². The molecule has 0 aromatic heterocycles. The molecule has 2 aromatic carbocycles. The first-order valence-electron chi connectivity index (χ1n) is 9.91. The number of hydrogen-bond acceptors (Lipinski definition) is 5. The number of carbonyl (C=O) groups excluding carboxylic acids is 2. The number of primary amides is 1. The van der Waals surface area contributed by atoms with E-state index in [4.69, 9.17) is 5.73 Å². The van der Waals surface area contributed by atoms with E-state index < -0.39 is 5.91 Å². The number of anilines is 1. The van der Waals surface area contributed by atoms with Gasteiger partial charge < -0.3 is 15.5 Å². The van der Waals surface area contributed by atoms with Crippen molar-refractivity contribution in [3.63, 3.8) is 0 Å². The number of likely N-dealkylation sites (N-methyl/N-ethyl adjacent to an activating group) is 2. The molecule has 150 valence electrons. The van der Waals surface area contributed by atoms with E-state index in [1.54, 1.807) is 0 Å². The Kier molecular flexibility index (Phi) is 4.96. The summed E-state index contributed by atoms with van der Waals surface area (Å²) in [6, 6.07) is 8.06. The van der Waals surface area contributed by atoms with Gasteiger partial charge in [-0.3, -0.25) is 14.6 Å². The van der Waals surface area contributed by atoms with E-state index in [2.05, 4.69) is 20.9 Å². The molecular weight excluding hydrogens is 364 g/mol. The van der Waals surface area contributed by atoms with Crippen molar-refractivity contribution in [2.45, 2.75) is 19.3 Å². The van der Waals surface area contributed by atoms with Crippen LogP contribution in [0.15, 0.2) is 29.3 Å². The predicted molar refractivity (Wildman–Crippen MR) is 117 cm³/mol. The zero-order valence-electron chi connectivity index (χ0n) is 17.2. The summed E-state index contributed by atoms with van der Waals surface area (Å²) in [7, 11) is 6.02. The molecule has 2 aliphatic rings. The average Bonchev–Trinajstić information content (AvgIpc) is 3.31. The Hall–Kier alpha value is -2.99. The third-order valence-electron chi connectivity index (χ3n) is 5.78. The molecule has 0 spiro atoms. The van der Waals surface area contributed by atoms with Crippen molar-refractivity contribution < 1.29 is 9.59 Å². The second kappa shape index (κ2) is 7.44. The van der Waals surface area contributed by atoms with Crippen LogP contribution in [0.3, 0.4) is 0 Å². The molecule has 6 nitrogen and oxygen atoms in total. The summed E-state index contributed by atoms with van der Waals surface area (Å²) in [5, 5.41) is 0. The lowest BCUT2D eigenvalue weighted by Crippen LogP contribution is -2.30. The van der Waals surface area contributed by atoms with Crippen LogP contribution in [-0.4, -0.2) is 57.0 Å². The first-order valence-corrected chi connectivity index (χ1v) is 9.91. The van der Waals surface area contributed by atoms with Crippen LogP contribution >= 0.6 is 0 Å². The van der Waals surface area contributed by atoms with Crippen molar-refractivity contribution in [2.75, 3.05) is 39.1 Å². The number of hydrogen-bond donors (Lipinski definition) is 1. The minimum absolute atomic E-state index is 0.194. The average molecular weight is 390 g/mol. The molecule has 6 heteroatoms. The summed E-state index contributed by atoms with van der Waals surface area (Å²) < 4.78 is 0. The van der Waals surface area contributed by atoms with Gasteiger partial charge in [0.25, 0.3) is 5.91 Å². The summed E-state index contributed by atoms with van der Waals surface area (Å²) in [5.74, 6) is -0.242. The first-order chi connectivity index (χ1) is 13.9. The standard InChI is InChI=1S/C23H26N4O2/c1-26(2)10-11-27(3)19-13-18(22-16(8-9-25-22)21(19)23(24)29)15-5-4-14-6-7-20(28)17(14)12-15/h4-5,9,12-13H,6-8,10-11H2,1-3H3,(H2,24,29). The van der Waals surface area contributed by atoms with Gasteiger partial charge in [0, 0.05) is 50.3 Å². The highest BCUT2D eigenvalue weighted by atomic mass is 16.1. The third kappa shape index (κ3) is 3.44. The maximum Gasteiger partial charge on any atom is 0.251 e. The molecule has 2 aromatic rings. The minimum atomic E-state index is -0.436. The van der Waals surface area contributed by atoms with Gasteiger partial charge in [-0.15, -0.1) is 0 Å². The van der Waals surface area contributed by atoms with Crippen molar-refractivity contribution in [1.82, 2.24) is 4.90 Å². The molecular formula is C23H26N4O2. The molecule has 1 amide bonds. The van der Waals surface area contributed by atoms with Gasteiger partial charge >= 0.3 is 0 Å². The molecule has 2 N–H and O–H groups in total. The molecule has 0 unspecified atom stereocenters. The fourth-order valence-corrected chi connectivity index (χ4v) is 4.16. The molecule has 0 bridgehead atoms. The Balaban J connectivity index is 1.87. The van der Waals surface area contributed by atoms with E-state index in [1.165, 1.54) is 0 Å². The predicted octanol–water partition coefficient (Wildman–Crippen LogP) is 2.84. The van der Waals surface area contributed by atoms with Crippen LogP contribution < -0.4 is 10.6 Å². The number of benzene rings is 2. The smallest absolute Gasteiger partial charge is 0.251 e. The van der Waals surface area contributed by atoms with Gasteiger partial charge in [0.2, 0.25) is 0 Å². The fourth-order valence-electron chi connectivity index (χ4n) is 4.16. The molecule has 1 aliphatic heterocycles. The number of Topliss-reactive ketones (excluding diaryl/α,β-unsaturated/α-hetero) is 1. The molecule has 1 heterocycles. The number of aliphatic imine (C=N–C) groups is 1. The van der Waals surface area contributed by atoms with E-state index in [1.807, 2.05) is 45.6 Å². The van der Waals surface area contributed by atoms with Crippen LogP contribution in [0.4, 0.5) is 11.4 Å². The van der Waals surface area contributed by atoms with Gasteiger partial charge in [-0.1, -0.05) is 12.1 Å². The monoisotopic (exact) mass is 390 g/mol. The number of amides is 1. The summed E-state index contributed by atoms with van der Waals surface area (Å²) in [6.07, 6.45) is 3.79. The van der Waals surface area contributed by atoms with Crippen molar-refractivity contribution in [3.8, 4) is 11.1 Å². The van der Waals surface area contributed by atoms with Crippen LogP contribution in [0.5, 0.6) is 0 Å². The Morgan fingerprint density at radius 1 is 1.10 bits per heavy atom. The van der Waals surface area contributed by atoms with E-state index in [-0.39, 0.29) is 5.78 Å². The largest absolute Gasteiger partial charge is 0.373 e. The number of carbonyl (C=O) groups is 2. The van der Waals surface area contributed by atoms with Crippen molar-refractivity contribution in [2.24, 2.45) is 10.7 Å². The maximum absolute atomic E-state index is 12.4. The van der Waals surface area contributed by atoms with E-state index in [0.717, 1.165) is 58.7 Å². The third-order valence-corrected chi connectivity index (χ3v) is 5.78. The van der Waals surface area contributed by atoms with Gasteiger partial charge in [0.1, 0.15) is 0 Å². The number of ketones is 1. The van der Waals surface area contributed by atoms with Crippen molar-refractivity contribution >= 4 is 29.3 Å². The molecule has 0 radical (unpaired) electrons. The van der Waals surface area contributed by atoms with Crippen LogP contribution in [0, 0.1) is 0 Å². The molecule has 0 saturated carbocycles. The molecule has 4 rings (SSSR count). The Morgan fingerprint density at radius 3 is 2.62 bits per heavy atom. The van der Waals surface area contributed by atoms with Gasteiger partial charge in [-0.2, -0.15) is 0 Å². The summed E-state index contributed by atoms with van der Waals surface area (Å²) in [5.41, 5.74) is 12.6. The lowest BCUT2D eigenvalue weighted by atomic mass is 9.92.